The van der Waals surface area contributed by atoms with Gasteiger partial charge < -0.3 is 0 Å². The van der Waals surface area contributed by atoms with Gasteiger partial charge in [-0.2, -0.15) is 0 Å². The Morgan fingerprint density at radius 3 is 1.41 bits per heavy atom. The van der Waals surface area contributed by atoms with E-state index >= 15 is 0 Å². The number of hydrogen-bond donors (Lipinski definition) is 0. The molecule has 0 amide bonds. The van der Waals surface area contributed by atoms with Gasteiger partial charge in [-0.3, -0.25) is 0 Å². The summed E-state index contributed by atoms with van der Waals surface area (Å²) in [5, 5.41) is 10.2. The third-order valence-electron chi connectivity index (χ3n) is 12.3. The first-order chi connectivity index (χ1) is 28.8. The van der Waals surface area contributed by atoms with Crippen molar-refractivity contribution in [3.8, 4) is 77.9 Å². The molecule has 58 heavy (non-hydrogen) atoms. The van der Waals surface area contributed by atoms with Gasteiger partial charge in [0, 0.05) is 0 Å². The van der Waals surface area contributed by atoms with E-state index in [1.807, 2.05) is 0 Å². The summed E-state index contributed by atoms with van der Waals surface area (Å²) in [5.74, 6) is 0. The number of fused-ring (bicyclic) bond motifs is 7. The molecule has 0 aliphatic heterocycles. The summed E-state index contributed by atoms with van der Waals surface area (Å²) in [6.45, 7) is 0. The molecule has 0 bridgehead atoms. The lowest BCUT2D eigenvalue weighted by Crippen LogP contribution is -1.95. The Balaban J connectivity index is 1.26. The van der Waals surface area contributed by atoms with Gasteiger partial charge in [0.25, 0.3) is 0 Å². The van der Waals surface area contributed by atoms with Gasteiger partial charge in [0.15, 0.2) is 0 Å². The maximum absolute atomic E-state index is 2.48. The van der Waals surface area contributed by atoms with E-state index in [1.165, 1.54) is 121 Å². The molecule has 0 nitrogen and oxygen atoms in total. The van der Waals surface area contributed by atoms with Gasteiger partial charge in [0.1, 0.15) is 0 Å². The van der Waals surface area contributed by atoms with E-state index in [4.69, 9.17) is 0 Å². The van der Waals surface area contributed by atoms with E-state index < -0.39 is 0 Å². The minimum atomic E-state index is 1.21. The molecule has 0 heterocycles. The third-order valence-corrected chi connectivity index (χ3v) is 12.3. The van der Waals surface area contributed by atoms with Crippen LogP contribution >= 0.6 is 0 Å². The quantitative estimate of drug-likeness (QED) is 0.155. The Morgan fingerprint density at radius 1 is 0.190 bits per heavy atom. The SMILES string of the molecule is c1ccc(-c2cccc(-c3c4c(c(-c5cccc(-c6ccccc6)c5)c5cc(-c6cccc7ccccc67)ccc35)-c3cc5ccccc5c5cccc-4c35)c2)cc1. The lowest BCUT2D eigenvalue weighted by Gasteiger charge is -2.22. The fraction of sp³-hybridized carbons (Fsp3) is 0. The molecule has 268 valence electrons. The molecule has 11 aromatic carbocycles. The van der Waals surface area contributed by atoms with Crippen molar-refractivity contribution in [3.63, 3.8) is 0 Å². The second-order valence-electron chi connectivity index (χ2n) is 15.6. The van der Waals surface area contributed by atoms with Gasteiger partial charge in [0.2, 0.25) is 0 Å². The van der Waals surface area contributed by atoms with Gasteiger partial charge in [-0.1, -0.05) is 194 Å². The van der Waals surface area contributed by atoms with Crippen molar-refractivity contribution < 1.29 is 0 Å². The molecule has 1 aliphatic rings. The Morgan fingerprint density at radius 2 is 0.690 bits per heavy atom. The van der Waals surface area contributed by atoms with Crippen LogP contribution in [0.1, 0.15) is 0 Å². The van der Waals surface area contributed by atoms with Gasteiger partial charge in [-0.25, -0.2) is 0 Å². The predicted octanol–water partition coefficient (Wildman–Crippen LogP) is 16.3. The predicted molar refractivity (Wildman–Crippen MR) is 248 cm³/mol. The highest BCUT2D eigenvalue weighted by Crippen LogP contribution is 2.59. The normalized spacial score (nSPS) is 11.8. The maximum Gasteiger partial charge on any atom is -0.000719 e. The van der Waals surface area contributed by atoms with Crippen molar-refractivity contribution in [2.75, 3.05) is 0 Å². The van der Waals surface area contributed by atoms with E-state index in [-0.39, 0.29) is 0 Å². The zero-order valence-electron chi connectivity index (χ0n) is 31.8. The van der Waals surface area contributed by atoms with Crippen molar-refractivity contribution in [1.82, 2.24) is 0 Å². The second-order valence-corrected chi connectivity index (χ2v) is 15.6. The van der Waals surface area contributed by atoms with Gasteiger partial charge in [-0.05, 0) is 145 Å². The summed E-state index contributed by atoms with van der Waals surface area (Å²) in [5.41, 5.74) is 17.5. The topological polar surface area (TPSA) is 0 Å². The Hall–Kier alpha value is -7.54. The molecular weight excluding hydrogens is 697 g/mol. The first-order valence-corrected chi connectivity index (χ1v) is 20.2. The summed E-state index contributed by atoms with van der Waals surface area (Å²) in [6, 6.07) is 80.9. The van der Waals surface area contributed by atoms with Crippen molar-refractivity contribution >= 4 is 43.1 Å². The standard InChI is InChI=1S/C58H36/c1-3-15-37(16-4-1)40-22-11-24-44(33-40)54-50-32-31-43(47-28-13-21-39-19-7-9-26-46(39)47)35-52(50)55(45-25-12-23-41(34-45)38-17-5-2-6-18-38)58-53-36-42-20-8-10-27-48(42)49-29-14-30-51(56(49)53)57(54)58/h1-36H. The Labute approximate surface area is 337 Å². The van der Waals surface area contributed by atoms with E-state index in [1.54, 1.807) is 0 Å². The van der Waals surface area contributed by atoms with Crippen LogP contribution in [-0.4, -0.2) is 0 Å². The van der Waals surface area contributed by atoms with E-state index in [2.05, 4.69) is 218 Å². The zero-order valence-corrected chi connectivity index (χ0v) is 31.8. The van der Waals surface area contributed by atoms with Crippen LogP contribution in [0.3, 0.4) is 0 Å². The zero-order chi connectivity index (χ0) is 38.2. The van der Waals surface area contributed by atoms with Crippen molar-refractivity contribution in [3.05, 3.63) is 218 Å². The molecule has 0 heteroatoms. The summed E-state index contributed by atoms with van der Waals surface area (Å²) in [7, 11) is 0. The monoisotopic (exact) mass is 732 g/mol. The van der Waals surface area contributed by atoms with E-state index in [9.17, 15) is 0 Å². The third kappa shape index (κ3) is 5.02. The number of rotatable bonds is 5. The number of benzene rings is 11. The fourth-order valence-corrected chi connectivity index (χ4v) is 9.81. The summed E-state index contributed by atoms with van der Waals surface area (Å²) >= 11 is 0. The smallest absolute Gasteiger partial charge is 0.000719 e. The first-order valence-electron chi connectivity index (χ1n) is 20.2. The molecular formula is C58H36. The average Bonchev–Trinajstić information content (AvgIpc) is 3.62. The van der Waals surface area contributed by atoms with Crippen molar-refractivity contribution in [2.45, 2.75) is 0 Å². The molecule has 1 aliphatic carbocycles. The molecule has 0 aromatic heterocycles. The molecule has 0 atom stereocenters. The van der Waals surface area contributed by atoms with Crippen molar-refractivity contribution in [1.29, 1.82) is 0 Å². The van der Waals surface area contributed by atoms with Crippen LogP contribution in [0.15, 0.2) is 218 Å². The lowest BCUT2D eigenvalue weighted by atomic mass is 9.81. The van der Waals surface area contributed by atoms with E-state index in [0.29, 0.717) is 0 Å². The molecule has 0 fully saturated rings. The van der Waals surface area contributed by atoms with E-state index in [0.717, 1.165) is 0 Å². The molecule has 12 rings (SSSR count). The number of hydrogen-bond acceptors (Lipinski definition) is 0. The Kier molecular flexibility index (Phi) is 7.33. The summed E-state index contributed by atoms with van der Waals surface area (Å²) < 4.78 is 0. The highest BCUT2D eigenvalue weighted by molar-refractivity contribution is 6.31. The maximum atomic E-state index is 2.48. The van der Waals surface area contributed by atoms with Crippen LogP contribution in [0.4, 0.5) is 0 Å². The first kappa shape index (κ1) is 32.7. The molecule has 11 aromatic rings. The van der Waals surface area contributed by atoms with Gasteiger partial charge in [-0.15, -0.1) is 0 Å². The average molecular weight is 733 g/mol. The molecule has 0 saturated heterocycles. The summed E-state index contributed by atoms with van der Waals surface area (Å²) in [4.78, 5) is 0. The highest BCUT2D eigenvalue weighted by atomic mass is 14.3. The largest absolute Gasteiger partial charge is 0.0622 e. The highest BCUT2D eigenvalue weighted by Gasteiger charge is 2.31. The second kappa shape index (κ2) is 13.0. The van der Waals surface area contributed by atoms with Gasteiger partial charge >= 0.3 is 0 Å². The molecule has 0 unspecified atom stereocenters. The van der Waals surface area contributed by atoms with Crippen LogP contribution < -0.4 is 0 Å². The van der Waals surface area contributed by atoms with Crippen LogP contribution in [0.25, 0.3) is 121 Å². The minimum absolute atomic E-state index is 1.21. The van der Waals surface area contributed by atoms with Crippen LogP contribution in [0.5, 0.6) is 0 Å². The molecule has 0 N–H and O–H groups in total. The fourth-order valence-electron chi connectivity index (χ4n) is 9.81. The van der Waals surface area contributed by atoms with Gasteiger partial charge in [0.05, 0.1) is 0 Å². The van der Waals surface area contributed by atoms with Crippen LogP contribution in [-0.2, 0) is 0 Å². The Bertz CT molecular complexity index is 3420. The minimum Gasteiger partial charge on any atom is -0.0622 e. The lowest BCUT2D eigenvalue weighted by molar-refractivity contribution is 1.59. The molecule has 0 radical (unpaired) electrons. The summed E-state index contributed by atoms with van der Waals surface area (Å²) in [6.07, 6.45) is 0. The van der Waals surface area contributed by atoms with Crippen LogP contribution in [0, 0.1) is 0 Å². The van der Waals surface area contributed by atoms with Crippen LogP contribution in [0.2, 0.25) is 0 Å². The molecule has 0 saturated carbocycles. The molecule has 0 spiro atoms. The van der Waals surface area contributed by atoms with Crippen molar-refractivity contribution in [2.24, 2.45) is 0 Å².